The number of alkyl halides is 3. The standard InChI is InChI=1S/C34H39F4N5O4/c1-19(2)11-28(43-18-22(7-9-41(5)6)25(16-30(43)44)34(36,37)38)33(47)40-26(17-31(45)46)23-14-27(42-10-8-39-29(42)15-23)32-20(3)12-24(35)13-21(32)4/h8,10,12-16,18-19,26,28H,7,9,11,17H2,1-6H3,(H,40,47)(H,45,46)/t26-,28+/m1/s1. The van der Waals surface area contributed by atoms with Gasteiger partial charge in [-0.05, 0) is 93.2 Å². The van der Waals surface area contributed by atoms with Crippen LogP contribution in [0.1, 0.15) is 66.6 Å². The second-order valence-corrected chi connectivity index (χ2v) is 12.6. The molecule has 47 heavy (non-hydrogen) atoms. The van der Waals surface area contributed by atoms with Gasteiger partial charge >= 0.3 is 12.1 Å². The van der Waals surface area contributed by atoms with Crippen molar-refractivity contribution in [2.45, 2.75) is 65.2 Å². The molecule has 0 aliphatic carbocycles. The highest BCUT2D eigenvalue weighted by molar-refractivity contribution is 5.82. The molecule has 3 heterocycles. The first kappa shape index (κ1) is 35.3. The third-order valence-corrected chi connectivity index (χ3v) is 8.01. The molecule has 0 fully saturated rings. The Morgan fingerprint density at radius 1 is 1.06 bits per heavy atom. The van der Waals surface area contributed by atoms with Gasteiger partial charge in [-0.2, -0.15) is 13.2 Å². The first-order valence-corrected chi connectivity index (χ1v) is 15.2. The summed E-state index contributed by atoms with van der Waals surface area (Å²) < 4.78 is 58.7. The maximum Gasteiger partial charge on any atom is 0.416 e. The van der Waals surface area contributed by atoms with Crippen LogP contribution in [0.2, 0.25) is 0 Å². The number of aliphatic carboxylic acids is 1. The van der Waals surface area contributed by atoms with Gasteiger partial charge in [0.2, 0.25) is 5.91 Å². The molecule has 2 N–H and O–H groups in total. The fourth-order valence-corrected chi connectivity index (χ4v) is 5.88. The second-order valence-electron chi connectivity index (χ2n) is 12.6. The number of nitrogens with zero attached hydrogens (tertiary/aromatic N) is 4. The third-order valence-electron chi connectivity index (χ3n) is 8.01. The number of aromatic nitrogens is 3. The van der Waals surface area contributed by atoms with E-state index in [2.05, 4.69) is 10.3 Å². The van der Waals surface area contributed by atoms with Gasteiger partial charge in [-0.25, -0.2) is 9.37 Å². The van der Waals surface area contributed by atoms with E-state index >= 15 is 0 Å². The van der Waals surface area contributed by atoms with Crippen molar-refractivity contribution >= 4 is 17.5 Å². The number of carboxylic acids is 1. The van der Waals surface area contributed by atoms with Crippen LogP contribution in [0.25, 0.3) is 16.9 Å². The third kappa shape index (κ3) is 8.26. The molecule has 0 aliphatic rings. The summed E-state index contributed by atoms with van der Waals surface area (Å²) in [5.74, 6) is -2.49. The molecule has 4 aromatic rings. The van der Waals surface area contributed by atoms with Crippen molar-refractivity contribution in [3.05, 3.63) is 92.9 Å². The van der Waals surface area contributed by atoms with Crippen LogP contribution in [0.15, 0.2) is 53.7 Å². The monoisotopic (exact) mass is 657 g/mol. The van der Waals surface area contributed by atoms with Crippen molar-refractivity contribution in [3.63, 3.8) is 0 Å². The minimum Gasteiger partial charge on any atom is -0.481 e. The number of fused-ring (bicyclic) bond motifs is 1. The molecule has 0 saturated heterocycles. The zero-order valence-electron chi connectivity index (χ0n) is 27.2. The Labute approximate surface area is 269 Å². The van der Waals surface area contributed by atoms with Crippen LogP contribution in [-0.4, -0.2) is 56.5 Å². The van der Waals surface area contributed by atoms with E-state index in [1.807, 2.05) is 13.8 Å². The molecule has 0 unspecified atom stereocenters. The molecule has 2 atom stereocenters. The van der Waals surface area contributed by atoms with Gasteiger partial charge in [0.05, 0.1) is 23.7 Å². The van der Waals surface area contributed by atoms with Crippen LogP contribution < -0.4 is 10.9 Å². The highest BCUT2D eigenvalue weighted by Gasteiger charge is 2.36. The number of halogens is 4. The number of rotatable bonds is 12. The zero-order valence-corrected chi connectivity index (χ0v) is 27.2. The molecule has 9 nitrogen and oxygen atoms in total. The van der Waals surface area contributed by atoms with Gasteiger partial charge in [0, 0.05) is 36.8 Å². The van der Waals surface area contributed by atoms with Crippen LogP contribution >= 0.6 is 0 Å². The number of amides is 1. The summed E-state index contributed by atoms with van der Waals surface area (Å²) in [6.45, 7) is 7.39. The molecule has 252 valence electrons. The summed E-state index contributed by atoms with van der Waals surface area (Å²) in [5.41, 5.74) is 1.24. The number of imidazole rings is 1. The Bertz CT molecular complexity index is 1820. The number of pyridine rings is 2. The molecule has 0 saturated carbocycles. The summed E-state index contributed by atoms with van der Waals surface area (Å²) in [7, 11) is 3.43. The number of carbonyl (C=O) groups is 2. The molecule has 3 aromatic heterocycles. The molecule has 1 aromatic carbocycles. The molecule has 13 heteroatoms. The Morgan fingerprint density at radius 3 is 2.30 bits per heavy atom. The highest BCUT2D eigenvalue weighted by Crippen LogP contribution is 2.34. The summed E-state index contributed by atoms with van der Waals surface area (Å²) in [5, 5.41) is 12.6. The molecular formula is C34H39F4N5O4. The van der Waals surface area contributed by atoms with Crippen molar-refractivity contribution in [1.29, 1.82) is 0 Å². The Balaban J connectivity index is 1.82. The number of carbonyl (C=O) groups excluding carboxylic acids is 1. The number of nitrogens with one attached hydrogen (secondary N) is 1. The fraction of sp³-hybridized carbons (Fsp3) is 0.412. The SMILES string of the molecule is Cc1cc(F)cc(C)c1-c1cc([C@@H](CC(=O)O)NC(=O)[C@H](CC(C)C)n2cc(CCN(C)C)c(C(F)(F)F)cc2=O)cc2nccn12. The van der Waals surface area contributed by atoms with Gasteiger partial charge in [0.25, 0.3) is 5.56 Å². The lowest BCUT2D eigenvalue weighted by molar-refractivity contribution is -0.139. The predicted molar refractivity (Wildman–Crippen MR) is 170 cm³/mol. The van der Waals surface area contributed by atoms with Crippen LogP contribution in [0.4, 0.5) is 17.6 Å². The Morgan fingerprint density at radius 2 is 1.72 bits per heavy atom. The van der Waals surface area contributed by atoms with E-state index in [9.17, 15) is 37.1 Å². The molecule has 0 aliphatic heterocycles. The van der Waals surface area contributed by atoms with Gasteiger partial charge in [-0.3, -0.25) is 18.8 Å². The summed E-state index contributed by atoms with van der Waals surface area (Å²) in [6, 6.07) is 4.30. The summed E-state index contributed by atoms with van der Waals surface area (Å²) >= 11 is 0. The molecule has 0 radical (unpaired) electrons. The maximum atomic E-state index is 14.2. The van der Waals surface area contributed by atoms with Crippen molar-refractivity contribution < 1.29 is 32.3 Å². The molecule has 0 bridgehead atoms. The fourth-order valence-electron chi connectivity index (χ4n) is 5.88. The van der Waals surface area contributed by atoms with Gasteiger partial charge in [-0.1, -0.05) is 13.8 Å². The van der Waals surface area contributed by atoms with Crippen molar-refractivity contribution in [3.8, 4) is 11.3 Å². The molecular weight excluding hydrogens is 618 g/mol. The predicted octanol–water partition coefficient (Wildman–Crippen LogP) is 5.96. The lowest BCUT2D eigenvalue weighted by atomic mass is 9.95. The number of likely N-dealkylation sites (N-methyl/N-ethyl adjacent to an activating group) is 1. The van der Waals surface area contributed by atoms with E-state index < -0.39 is 53.5 Å². The number of aryl methyl sites for hydroxylation is 2. The summed E-state index contributed by atoms with van der Waals surface area (Å²) in [6.07, 6.45) is -0.851. The smallest absolute Gasteiger partial charge is 0.416 e. The van der Waals surface area contributed by atoms with E-state index in [1.165, 1.54) is 12.1 Å². The number of hydrogen-bond donors (Lipinski definition) is 2. The largest absolute Gasteiger partial charge is 0.481 e. The first-order chi connectivity index (χ1) is 22.0. The van der Waals surface area contributed by atoms with Gasteiger partial charge in [0.15, 0.2) is 0 Å². The van der Waals surface area contributed by atoms with Crippen LogP contribution in [0.3, 0.4) is 0 Å². The van der Waals surface area contributed by atoms with E-state index in [1.54, 1.807) is 61.8 Å². The topological polar surface area (TPSA) is 109 Å². The van der Waals surface area contributed by atoms with Gasteiger partial charge in [0.1, 0.15) is 17.5 Å². The average Bonchev–Trinajstić information content (AvgIpc) is 3.42. The van der Waals surface area contributed by atoms with E-state index in [4.69, 9.17) is 0 Å². The highest BCUT2D eigenvalue weighted by atomic mass is 19.4. The summed E-state index contributed by atoms with van der Waals surface area (Å²) in [4.78, 5) is 45.4. The van der Waals surface area contributed by atoms with Crippen LogP contribution in [0.5, 0.6) is 0 Å². The van der Waals surface area contributed by atoms with E-state index in [0.29, 0.717) is 39.7 Å². The minimum absolute atomic E-state index is 0.0187. The normalized spacial score (nSPS) is 13.4. The molecule has 4 rings (SSSR count). The van der Waals surface area contributed by atoms with E-state index in [-0.39, 0.29) is 30.9 Å². The van der Waals surface area contributed by atoms with E-state index in [0.717, 1.165) is 10.8 Å². The number of benzene rings is 1. The Hall–Kier alpha value is -4.52. The van der Waals surface area contributed by atoms with Crippen LogP contribution in [-0.2, 0) is 22.2 Å². The average molecular weight is 658 g/mol. The minimum atomic E-state index is -4.77. The van der Waals surface area contributed by atoms with Gasteiger partial charge < -0.3 is 19.9 Å². The van der Waals surface area contributed by atoms with Crippen LogP contribution in [0, 0.1) is 25.6 Å². The molecule has 0 spiro atoms. The maximum absolute atomic E-state index is 14.2. The van der Waals surface area contributed by atoms with Gasteiger partial charge in [-0.15, -0.1) is 0 Å². The Kier molecular flexibility index (Phi) is 10.6. The van der Waals surface area contributed by atoms with Crippen molar-refractivity contribution in [1.82, 2.24) is 24.2 Å². The zero-order chi connectivity index (χ0) is 34.8. The second kappa shape index (κ2) is 14.1. The number of hydrogen-bond acceptors (Lipinski definition) is 5. The lowest BCUT2D eigenvalue weighted by Gasteiger charge is -2.26. The molecule has 1 amide bonds. The quantitative estimate of drug-likeness (QED) is 0.182. The lowest BCUT2D eigenvalue weighted by Crippen LogP contribution is -2.40. The van der Waals surface area contributed by atoms with Crippen molar-refractivity contribution in [2.75, 3.05) is 20.6 Å². The first-order valence-electron chi connectivity index (χ1n) is 15.2. The number of carboxylic acid groups (broad SMARTS) is 1. The van der Waals surface area contributed by atoms with Crippen molar-refractivity contribution in [2.24, 2.45) is 5.92 Å².